The van der Waals surface area contributed by atoms with Crippen molar-refractivity contribution in [3.63, 3.8) is 0 Å². The van der Waals surface area contributed by atoms with Crippen LogP contribution in [0.3, 0.4) is 0 Å². The fourth-order valence-electron chi connectivity index (χ4n) is 1.63. The fraction of sp³-hybridized carbons (Fsp3) is 0.636. The molecule has 0 saturated heterocycles. The Morgan fingerprint density at radius 2 is 2.09 bits per heavy atom. The second kappa shape index (κ2) is 3.75. The third-order valence-electron chi connectivity index (χ3n) is 2.76. The van der Waals surface area contributed by atoms with E-state index in [1.54, 1.807) is 0 Å². The van der Waals surface area contributed by atoms with E-state index in [1.807, 2.05) is 0 Å². The molecular formula is C11H17. The number of allylic oxidation sites excluding steroid dienone is 4. The molecule has 0 heterocycles. The predicted octanol–water partition coefficient (Wildman–Crippen LogP) is 3.50. The molecule has 0 spiro atoms. The lowest BCUT2D eigenvalue weighted by molar-refractivity contribution is 0.315. The third-order valence-corrected chi connectivity index (χ3v) is 2.76. The van der Waals surface area contributed by atoms with Crippen molar-refractivity contribution < 1.29 is 0 Å². The van der Waals surface area contributed by atoms with Gasteiger partial charge in [0.2, 0.25) is 0 Å². The lowest BCUT2D eigenvalue weighted by Crippen LogP contribution is -2.15. The highest BCUT2D eigenvalue weighted by atomic mass is 14.3. The van der Waals surface area contributed by atoms with E-state index >= 15 is 0 Å². The molecule has 1 aliphatic rings. The van der Waals surface area contributed by atoms with Crippen LogP contribution in [0.2, 0.25) is 0 Å². The maximum Gasteiger partial charge on any atom is -0.00463 e. The van der Waals surface area contributed by atoms with Crippen LogP contribution in [0.15, 0.2) is 18.2 Å². The van der Waals surface area contributed by atoms with E-state index in [1.165, 1.54) is 25.7 Å². The molecule has 0 aromatic heterocycles. The summed E-state index contributed by atoms with van der Waals surface area (Å²) in [6, 6.07) is 0. The van der Waals surface area contributed by atoms with E-state index in [-0.39, 0.29) is 0 Å². The Morgan fingerprint density at radius 1 is 1.36 bits per heavy atom. The van der Waals surface area contributed by atoms with Crippen LogP contribution in [0.25, 0.3) is 0 Å². The van der Waals surface area contributed by atoms with Crippen LogP contribution < -0.4 is 0 Å². The lowest BCUT2D eigenvalue weighted by Gasteiger charge is -2.25. The summed E-state index contributed by atoms with van der Waals surface area (Å²) in [6.07, 6.45) is 14.9. The number of hydrogen-bond acceptors (Lipinski definition) is 0. The van der Waals surface area contributed by atoms with Crippen molar-refractivity contribution in [1.82, 2.24) is 0 Å². The molecule has 1 radical (unpaired) electrons. The Morgan fingerprint density at radius 3 is 2.73 bits per heavy atom. The molecule has 1 rings (SSSR count). The van der Waals surface area contributed by atoms with Crippen molar-refractivity contribution in [2.75, 3.05) is 0 Å². The van der Waals surface area contributed by atoms with E-state index in [4.69, 9.17) is 0 Å². The first-order valence-electron chi connectivity index (χ1n) is 4.59. The lowest BCUT2D eigenvalue weighted by atomic mass is 9.79. The Bertz CT molecular complexity index is 159. The summed E-state index contributed by atoms with van der Waals surface area (Å²) in [5.41, 5.74) is 0.378. The molecule has 1 aliphatic carbocycles. The highest BCUT2D eigenvalue weighted by Gasteiger charge is 2.22. The van der Waals surface area contributed by atoms with Gasteiger partial charge in [0.25, 0.3) is 0 Å². The second-order valence-electron chi connectivity index (χ2n) is 3.27. The van der Waals surface area contributed by atoms with Gasteiger partial charge in [-0.15, -0.1) is 0 Å². The summed E-state index contributed by atoms with van der Waals surface area (Å²) in [6.45, 7) is 4.52. The summed E-state index contributed by atoms with van der Waals surface area (Å²) in [4.78, 5) is 0. The van der Waals surface area contributed by atoms with Crippen molar-refractivity contribution in [3.05, 3.63) is 24.3 Å². The zero-order valence-corrected chi connectivity index (χ0v) is 7.56. The largest absolute Gasteiger partial charge is 0.0845 e. The van der Waals surface area contributed by atoms with Crippen LogP contribution in [0, 0.1) is 11.5 Å². The predicted molar refractivity (Wildman–Crippen MR) is 49.2 cm³/mol. The molecule has 0 nitrogen and oxygen atoms in total. The van der Waals surface area contributed by atoms with Gasteiger partial charge in [-0.05, 0) is 37.2 Å². The van der Waals surface area contributed by atoms with Crippen LogP contribution in [-0.4, -0.2) is 0 Å². The molecule has 0 N–H and O–H groups in total. The summed E-state index contributed by atoms with van der Waals surface area (Å²) < 4.78 is 0. The monoisotopic (exact) mass is 149 g/mol. The summed E-state index contributed by atoms with van der Waals surface area (Å²) in [5.74, 6) is 0. The average molecular weight is 149 g/mol. The maximum absolute atomic E-state index is 3.48. The first-order chi connectivity index (χ1) is 5.33. The van der Waals surface area contributed by atoms with Crippen molar-refractivity contribution >= 4 is 0 Å². The van der Waals surface area contributed by atoms with Gasteiger partial charge < -0.3 is 0 Å². The van der Waals surface area contributed by atoms with Crippen LogP contribution >= 0.6 is 0 Å². The summed E-state index contributed by atoms with van der Waals surface area (Å²) in [5, 5.41) is 0. The maximum atomic E-state index is 3.48. The minimum Gasteiger partial charge on any atom is -0.0845 e. The first-order valence-corrected chi connectivity index (χ1v) is 4.59. The zero-order chi connectivity index (χ0) is 8.16. The van der Waals surface area contributed by atoms with Crippen LogP contribution in [-0.2, 0) is 0 Å². The molecule has 0 amide bonds. The molecule has 0 bridgehead atoms. The van der Waals surface area contributed by atoms with Crippen LogP contribution in [0.5, 0.6) is 0 Å². The van der Waals surface area contributed by atoms with Crippen molar-refractivity contribution in [1.29, 1.82) is 0 Å². The van der Waals surface area contributed by atoms with Gasteiger partial charge in [0.15, 0.2) is 0 Å². The summed E-state index contributed by atoms with van der Waals surface area (Å²) >= 11 is 0. The Labute approximate surface area is 70.0 Å². The minimum atomic E-state index is 0.378. The number of hydrogen-bond donors (Lipinski definition) is 0. The molecule has 0 unspecified atom stereocenters. The van der Waals surface area contributed by atoms with Gasteiger partial charge in [0.1, 0.15) is 0 Å². The number of rotatable bonds is 2. The molecule has 0 saturated carbocycles. The molecular weight excluding hydrogens is 132 g/mol. The normalized spacial score (nSPS) is 21.6. The molecule has 0 aromatic rings. The van der Waals surface area contributed by atoms with Crippen LogP contribution in [0.4, 0.5) is 0 Å². The van der Waals surface area contributed by atoms with E-state index < -0.39 is 0 Å². The topological polar surface area (TPSA) is 0 Å². The highest BCUT2D eigenvalue weighted by Crippen LogP contribution is 2.34. The Hall–Kier alpha value is -0.520. The molecule has 61 valence electrons. The van der Waals surface area contributed by atoms with E-state index in [0.717, 1.165) is 0 Å². The standard InChI is InChI=1S/C11H17/c1-3-11(4-2)9-7-5-6-8-10-11/h5-7H,3-4,8,10H2,1-2H3. The van der Waals surface area contributed by atoms with Crippen molar-refractivity contribution in [2.24, 2.45) is 5.41 Å². The van der Waals surface area contributed by atoms with Crippen molar-refractivity contribution in [3.8, 4) is 0 Å². The third kappa shape index (κ3) is 1.95. The van der Waals surface area contributed by atoms with Gasteiger partial charge in [0, 0.05) is 0 Å². The van der Waals surface area contributed by atoms with Crippen molar-refractivity contribution in [2.45, 2.75) is 39.5 Å². The molecule has 0 aromatic carbocycles. The van der Waals surface area contributed by atoms with E-state index in [9.17, 15) is 0 Å². The quantitative estimate of drug-likeness (QED) is 0.563. The SMILES string of the molecule is CCC1(CC)[C]=CC=CCC1. The van der Waals surface area contributed by atoms with Gasteiger partial charge in [-0.1, -0.05) is 32.1 Å². The zero-order valence-electron chi connectivity index (χ0n) is 7.56. The first kappa shape index (κ1) is 8.58. The molecule has 0 aliphatic heterocycles. The van der Waals surface area contributed by atoms with Gasteiger partial charge in [0.05, 0.1) is 0 Å². The molecule has 0 heteroatoms. The second-order valence-corrected chi connectivity index (χ2v) is 3.27. The van der Waals surface area contributed by atoms with Crippen LogP contribution in [0.1, 0.15) is 39.5 Å². The highest BCUT2D eigenvalue weighted by molar-refractivity contribution is 5.07. The van der Waals surface area contributed by atoms with Gasteiger partial charge >= 0.3 is 0 Å². The molecule has 0 fully saturated rings. The van der Waals surface area contributed by atoms with Gasteiger partial charge in [-0.3, -0.25) is 0 Å². The molecule has 11 heavy (non-hydrogen) atoms. The Balaban J connectivity index is 2.68. The van der Waals surface area contributed by atoms with E-state index in [0.29, 0.717) is 5.41 Å². The fourth-order valence-corrected chi connectivity index (χ4v) is 1.63. The van der Waals surface area contributed by atoms with Gasteiger partial charge in [-0.2, -0.15) is 0 Å². The minimum absolute atomic E-state index is 0.378. The smallest absolute Gasteiger partial charge is 0.00463 e. The molecule has 0 atom stereocenters. The van der Waals surface area contributed by atoms with E-state index in [2.05, 4.69) is 38.2 Å². The summed E-state index contributed by atoms with van der Waals surface area (Å²) in [7, 11) is 0. The van der Waals surface area contributed by atoms with Gasteiger partial charge in [-0.25, -0.2) is 0 Å². The average Bonchev–Trinajstić information content (AvgIpc) is 2.30. The Kier molecular flexibility index (Phi) is 2.92.